The van der Waals surface area contributed by atoms with Crippen LogP contribution in [0.25, 0.3) is 10.9 Å². The molecule has 2 heterocycles. The molecule has 70 heavy (non-hydrogen) atoms. The highest BCUT2D eigenvalue weighted by molar-refractivity contribution is 6.00. The van der Waals surface area contributed by atoms with Crippen molar-refractivity contribution < 1.29 is 58.1 Å². The summed E-state index contributed by atoms with van der Waals surface area (Å²) >= 11 is 0. The number of aromatic amines is 1. The van der Waals surface area contributed by atoms with Gasteiger partial charge in [-0.05, 0) is 50.8 Å². The first kappa shape index (κ1) is 55.0. The van der Waals surface area contributed by atoms with Crippen LogP contribution in [0.3, 0.4) is 0 Å². The van der Waals surface area contributed by atoms with E-state index in [2.05, 4.69) is 43.5 Å². The summed E-state index contributed by atoms with van der Waals surface area (Å²) in [7, 11) is 2.83. The van der Waals surface area contributed by atoms with E-state index in [1.165, 1.54) is 33.9 Å². The maximum atomic E-state index is 13.9. The number of ether oxygens (including phenoxy) is 1. The zero-order valence-electron chi connectivity index (χ0n) is 40.4. The molecular formula is C50H64N8O12. The Bertz CT molecular complexity index is 2490. The molecule has 1 aliphatic rings. The standard InChI is InChI=1S/C50H64N8O12/c1-27(22-28(2)41(70-8)23-33-14-10-9-11-15-33)18-19-36-29(3)44(61)55-38(49(66)67)20-21-43(60)58(7)32(6)47(64)53-31(5)46(63)56-39(24-34-26-51-37-17-13-12-16-35(34)37)48(65)57-40(50(68)69)25-42(59)52-30(4)45(62)54-36/h9-19,22,26,28-31,36,38-41,51H,6,20-21,23-25H2,1-5,7-8H3,(H,52,59)(H,53,64)(H,54,62)(H,55,61)(H,56,63)(H,57,65)(H,66,67)(H,68,69)/b19-18+,27-22+/t28-,29-,30-,31+,36-,38+,39-,40+,41-/m0/s1. The molecular weight excluding hydrogens is 905 g/mol. The van der Waals surface area contributed by atoms with Gasteiger partial charge in [-0.25, -0.2) is 9.59 Å². The maximum Gasteiger partial charge on any atom is 0.326 e. The van der Waals surface area contributed by atoms with E-state index in [9.17, 15) is 53.4 Å². The van der Waals surface area contributed by atoms with Crippen LogP contribution in [0.1, 0.15) is 65.0 Å². The third-order valence-corrected chi connectivity index (χ3v) is 12.1. The fraction of sp³-hybridized carbons (Fsp3) is 0.420. The number of fused-ring (bicyclic) bond motifs is 1. The number of carbonyl (C=O) groups excluding carboxylic acids is 7. The zero-order chi connectivity index (χ0) is 51.8. The van der Waals surface area contributed by atoms with E-state index in [4.69, 9.17) is 4.74 Å². The van der Waals surface area contributed by atoms with Crippen LogP contribution < -0.4 is 31.9 Å². The van der Waals surface area contributed by atoms with Crippen molar-refractivity contribution in [3.8, 4) is 0 Å². The number of carboxylic acid groups (broad SMARTS) is 2. The SMILES string of the molecule is C=C1C(=O)N[C@H](C)C(=O)N[C@@H](Cc2c[nH]c3ccccc23)C(=O)N[C@@H](C(=O)O)CC(=O)N[C@@H](C)C(=O)N[C@@H](/C=C/C(C)=C/[C@H](C)[C@H](Cc2ccccc2)OC)[C@H](C)C(=O)N[C@@H](C(=O)O)CCC(=O)N1C. The maximum absolute atomic E-state index is 13.9. The minimum Gasteiger partial charge on any atom is -0.480 e. The molecule has 0 bridgehead atoms. The second-order valence-electron chi connectivity index (χ2n) is 17.5. The number of hydrogen-bond donors (Lipinski definition) is 9. The van der Waals surface area contributed by atoms with Crippen LogP contribution in [0.2, 0.25) is 0 Å². The number of carboxylic acids is 2. The number of benzene rings is 2. The van der Waals surface area contributed by atoms with Crippen molar-refractivity contribution in [1.82, 2.24) is 41.8 Å². The van der Waals surface area contributed by atoms with Crippen LogP contribution in [-0.2, 0) is 60.7 Å². The predicted octanol–water partition coefficient (Wildman–Crippen LogP) is 2.02. The Balaban J connectivity index is 1.66. The molecule has 0 spiro atoms. The van der Waals surface area contributed by atoms with Gasteiger partial charge in [0.05, 0.1) is 24.5 Å². The van der Waals surface area contributed by atoms with E-state index in [0.29, 0.717) is 22.9 Å². The van der Waals surface area contributed by atoms with E-state index in [0.717, 1.165) is 16.0 Å². The van der Waals surface area contributed by atoms with Crippen LogP contribution in [0.15, 0.2) is 96.9 Å². The molecule has 9 N–H and O–H groups in total. The third kappa shape index (κ3) is 15.7. The summed E-state index contributed by atoms with van der Waals surface area (Å²) in [4.78, 5) is 124. The first-order chi connectivity index (χ1) is 33.1. The molecule has 4 rings (SSSR count). The highest BCUT2D eigenvalue weighted by atomic mass is 16.5. The van der Waals surface area contributed by atoms with Gasteiger partial charge in [-0.3, -0.25) is 33.6 Å². The second kappa shape index (κ2) is 25.7. The van der Waals surface area contributed by atoms with Gasteiger partial charge in [0.15, 0.2) is 0 Å². The predicted molar refractivity (Wildman–Crippen MR) is 258 cm³/mol. The molecule has 20 nitrogen and oxygen atoms in total. The van der Waals surface area contributed by atoms with Crippen molar-refractivity contribution in [2.45, 2.75) is 109 Å². The number of aromatic nitrogens is 1. The van der Waals surface area contributed by atoms with E-state index in [1.807, 2.05) is 50.3 Å². The lowest BCUT2D eigenvalue weighted by Gasteiger charge is -2.26. The van der Waals surface area contributed by atoms with E-state index >= 15 is 0 Å². The Labute approximate surface area is 406 Å². The fourth-order valence-electron chi connectivity index (χ4n) is 7.65. The average molecular weight is 969 g/mol. The number of likely N-dealkylation sites (N-methyl/N-ethyl adjacent to an activating group) is 1. The summed E-state index contributed by atoms with van der Waals surface area (Å²) in [6.45, 7) is 11.5. The van der Waals surface area contributed by atoms with Gasteiger partial charge >= 0.3 is 11.9 Å². The van der Waals surface area contributed by atoms with Crippen molar-refractivity contribution in [3.05, 3.63) is 108 Å². The molecule has 0 saturated carbocycles. The molecule has 2 aromatic carbocycles. The lowest BCUT2D eigenvalue weighted by Crippen LogP contribution is -2.57. The lowest BCUT2D eigenvalue weighted by molar-refractivity contribution is -0.144. The number of amides is 7. The zero-order valence-corrected chi connectivity index (χ0v) is 40.4. The molecule has 20 heteroatoms. The van der Waals surface area contributed by atoms with Gasteiger partial charge in [-0.15, -0.1) is 0 Å². The van der Waals surface area contributed by atoms with Gasteiger partial charge < -0.3 is 56.7 Å². The van der Waals surface area contributed by atoms with Crippen molar-refractivity contribution in [1.29, 1.82) is 0 Å². The average Bonchev–Trinajstić information content (AvgIpc) is 3.73. The topological polar surface area (TPSA) is 295 Å². The Morgan fingerprint density at radius 2 is 1.43 bits per heavy atom. The number of nitrogens with one attached hydrogen (secondary N) is 7. The van der Waals surface area contributed by atoms with Gasteiger partial charge in [0.25, 0.3) is 5.91 Å². The van der Waals surface area contributed by atoms with E-state index in [-0.39, 0.29) is 18.4 Å². The van der Waals surface area contributed by atoms with Crippen molar-refractivity contribution >= 4 is 64.2 Å². The van der Waals surface area contributed by atoms with Gasteiger partial charge in [0, 0.05) is 50.0 Å². The number of carbonyl (C=O) groups is 9. The molecule has 1 fully saturated rings. The highest BCUT2D eigenvalue weighted by Gasteiger charge is 2.34. The van der Waals surface area contributed by atoms with Crippen molar-refractivity contribution in [2.75, 3.05) is 14.2 Å². The van der Waals surface area contributed by atoms with Gasteiger partial charge in [-0.2, -0.15) is 0 Å². The number of allylic oxidation sites excluding steroid dienone is 2. The monoisotopic (exact) mass is 968 g/mol. The molecule has 376 valence electrons. The van der Waals surface area contributed by atoms with Gasteiger partial charge in [0.2, 0.25) is 35.4 Å². The second-order valence-corrected chi connectivity index (χ2v) is 17.5. The summed E-state index contributed by atoms with van der Waals surface area (Å²) < 4.78 is 5.79. The van der Waals surface area contributed by atoms with Crippen LogP contribution >= 0.6 is 0 Å². The lowest BCUT2D eigenvalue weighted by atomic mass is 9.94. The fourth-order valence-corrected chi connectivity index (χ4v) is 7.65. The minimum atomic E-state index is -1.85. The van der Waals surface area contributed by atoms with E-state index in [1.54, 1.807) is 43.6 Å². The normalized spacial score (nSPS) is 24.5. The molecule has 1 saturated heterocycles. The Hall–Kier alpha value is -7.61. The molecule has 0 unspecified atom stereocenters. The molecule has 1 aliphatic heterocycles. The quantitative estimate of drug-likeness (QED) is 0.0986. The molecule has 0 radical (unpaired) electrons. The molecule has 9 atom stereocenters. The highest BCUT2D eigenvalue weighted by Crippen LogP contribution is 2.21. The van der Waals surface area contributed by atoms with Crippen molar-refractivity contribution in [2.24, 2.45) is 11.8 Å². The third-order valence-electron chi connectivity index (χ3n) is 12.1. The Kier molecular flexibility index (Phi) is 20.2. The molecule has 7 amide bonds. The number of hydrogen-bond acceptors (Lipinski definition) is 10. The summed E-state index contributed by atoms with van der Waals surface area (Å²) in [5.74, 6) is -10.5. The Morgan fingerprint density at radius 1 is 0.814 bits per heavy atom. The number of methoxy groups -OCH3 is 1. The summed E-state index contributed by atoms with van der Waals surface area (Å²) in [5, 5.41) is 35.8. The molecule has 0 aliphatic carbocycles. The number of aliphatic carboxylic acids is 2. The summed E-state index contributed by atoms with van der Waals surface area (Å²) in [6, 6.07) is 8.20. The minimum absolute atomic E-state index is 0.0946. The molecule has 1 aromatic heterocycles. The van der Waals surface area contributed by atoms with Crippen LogP contribution in [0.5, 0.6) is 0 Å². The first-order valence-corrected chi connectivity index (χ1v) is 22.8. The summed E-state index contributed by atoms with van der Waals surface area (Å²) in [6.07, 6.45) is 5.30. The number of para-hydroxylation sites is 1. The number of rotatable bonds is 11. The Morgan fingerprint density at radius 3 is 2.09 bits per heavy atom. The number of nitrogens with zero attached hydrogens (tertiary/aromatic N) is 1. The largest absolute Gasteiger partial charge is 0.480 e. The van der Waals surface area contributed by atoms with Crippen LogP contribution in [0, 0.1) is 11.8 Å². The van der Waals surface area contributed by atoms with Gasteiger partial charge in [-0.1, -0.05) is 92.8 Å². The number of H-pyrrole nitrogens is 1. The van der Waals surface area contributed by atoms with Crippen LogP contribution in [-0.4, -0.2) is 130 Å². The smallest absolute Gasteiger partial charge is 0.326 e. The molecule has 3 aromatic rings. The van der Waals surface area contributed by atoms with E-state index < -0.39 is 120 Å². The first-order valence-electron chi connectivity index (χ1n) is 22.8. The van der Waals surface area contributed by atoms with Crippen LogP contribution in [0.4, 0.5) is 0 Å². The van der Waals surface area contributed by atoms with Crippen molar-refractivity contribution in [3.63, 3.8) is 0 Å². The van der Waals surface area contributed by atoms with Gasteiger partial charge in [0.1, 0.15) is 35.9 Å². The summed E-state index contributed by atoms with van der Waals surface area (Å²) in [5.41, 5.74) is 2.68.